The molecular weight excluding hydrogens is 312 g/mol. The number of benzene rings is 1. The van der Waals surface area contributed by atoms with Gasteiger partial charge in [-0.2, -0.15) is 8.78 Å². The van der Waals surface area contributed by atoms with Crippen LogP contribution in [0.5, 0.6) is 11.5 Å². The third-order valence-electron chi connectivity index (χ3n) is 2.48. The Morgan fingerprint density at radius 1 is 1.22 bits per heavy atom. The standard InChI is InChI=1S/C15H19F2NO5/c1-4-21-12-7-10(5-6-11(12)23-15(16)17)14(20)22-8-13(19)18-9(2)3/h5-7,9,15H,4,8H2,1-3H3,(H,18,19). The third kappa shape index (κ3) is 6.50. The summed E-state index contributed by atoms with van der Waals surface area (Å²) in [5, 5.41) is 2.57. The summed E-state index contributed by atoms with van der Waals surface area (Å²) in [5.41, 5.74) is 0.0624. The first-order valence-electron chi connectivity index (χ1n) is 7.01. The number of ether oxygens (including phenoxy) is 3. The normalized spacial score (nSPS) is 10.6. The van der Waals surface area contributed by atoms with Crippen LogP contribution in [0.25, 0.3) is 0 Å². The number of rotatable bonds is 8. The van der Waals surface area contributed by atoms with Gasteiger partial charge in [0, 0.05) is 6.04 Å². The minimum absolute atomic E-state index is 0.00566. The highest BCUT2D eigenvalue weighted by Crippen LogP contribution is 2.30. The number of hydrogen-bond donors (Lipinski definition) is 1. The van der Waals surface area contributed by atoms with E-state index in [0.29, 0.717) is 0 Å². The average Bonchev–Trinajstić information content (AvgIpc) is 2.45. The van der Waals surface area contributed by atoms with Crippen molar-refractivity contribution in [2.45, 2.75) is 33.4 Å². The van der Waals surface area contributed by atoms with Crippen molar-refractivity contribution in [1.29, 1.82) is 0 Å². The molecule has 1 aromatic rings. The van der Waals surface area contributed by atoms with Crippen LogP contribution < -0.4 is 14.8 Å². The Morgan fingerprint density at radius 3 is 2.48 bits per heavy atom. The zero-order chi connectivity index (χ0) is 17.4. The lowest BCUT2D eigenvalue weighted by atomic mass is 10.2. The van der Waals surface area contributed by atoms with Crippen molar-refractivity contribution in [2.24, 2.45) is 0 Å². The van der Waals surface area contributed by atoms with E-state index in [1.54, 1.807) is 20.8 Å². The lowest BCUT2D eigenvalue weighted by molar-refractivity contribution is -0.124. The van der Waals surface area contributed by atoms with Crippen LogP contribution in [0.15, 0.2) is 18.2 Å². The summed E-state index contributed by atoms with van der Waals surface area (Å²) in [5.74, 6) is -1.39. The van der Waals surface area contributed by atoms with E-state index in [0.717, 1.165) is 0 Å². The zero-order valence-corrected chi connectivity index (χ0v) is 13.1. The Morgan fingerprint density at radius 2 is 1.91 bits per heavy atom. The quantitative estimate of drug-likeness (QED) is 0.740. The second kappa shape index (κ2) is 8.92. The molecule has 0 saturated heterocycles. The van der Waals surface area contributed by atoms with Crippen molar-refractivity contribution in [3.8, 4) is 11.5 Å². The van der Waals surface area contributed by atoms with Gasteiger partial charge < -0.3 is 19.5 Å². The maximum absolute atomic E-state index is 12.3. The fraction of sp³-hybridized carbons (Fsp3) is 0.467. The van der Waals surface area contributed by atoms with Gasteiger partial charge in [0.2, 0.25) is 0 Å². The van der Waals surface area contributed by atoms with Gasteiger partial charge in [-0.25, -0.2) is 4.79 Å². The smallest absolute Gasteiger partial charge is 0.387 e. The zero-order valence-electron chi connectivity index (χ0n) is 13.1. The van der Waals surface area contributed by atoms with Gasteiger partial charge in [0.15, 0.2) is 18.1 Å². The molecule has 0 aliphatic heterocycles. The molecule has 0 unspecified atom stereocenters. The van der Waals surface area contributed by atoms with Crippen LogP contribution in [-0.2, 0) is 9.53 Å². The molecule has 0 fully saturated rings. The number of halogens is 2. The predicted octanol–water partition coefficient (Wildman–Crippen LogP) is 2.37. The van der Waals surface area contributed by atoms with Gasteiger partial charge in [-0.1, -0.05) is 0 Å². The Balaban J connectivity index is 2.77. The minimum Gasteiger partial charge on any atom is -0.490 e. The van der Waals surface area contributed by atoms with E-state index < -0.39 is 25.1 Å². The van der Waals surface area contributed by atoms with E-state index in [2.05, 4.69) is 10.1 Å². The highest BCUT2D eigenvalue weighted by Gasteiger charge is 2.16. The summed E-state index contributed by atoms with van der Waals surface area (Å²) in [6.45, 7) is 1.97. The molecule has 1 aromatic carbocycles. The molecule has 0 saturated carbocycles. The molecule has 8 heteroatoms. The molecule has 0 atom stereocenters. The van der Waals surface area contributed by atoms with Crippen molar-refractivity contribution in [2.75, 3.05) is 13.2 Å². The minimum atomic E-state index is -3.01. The van der Waals surface area contributed by atoms with E-state index in [1.165, 1.54) is 18.2 Å². The summed E-state index contributed by atoms with van der Waals surface area (Å²) < 4.78 is 38.9. The number of esters is 1. The van der Waals surface area contributed by atoms with Crippen molar-refractivity contribution >= 4 is 11.9 Å². The van der Waals surface area contributed by atoms with Gasteiger partial charge in [-0.3, -0.25) is 4.79 Å². The Bertz CT molecular complexity index is 549. The summed E-state index contributed by atoms with van der Waals surface area (Å²) >= 11 is 0. The van der Waals surface area contributed by atoms with Gasteiger partial charge in [0.1, 0.15) is 0 Å². The molecule has 6 nitrogen and oxygen atoms in total. The number of carbonyl (C=O) groups excluding carboxylic acids is 2. The van der Waals surface area contributed by atoms with Gasteiger partial charge in [0.05, 0.1) is 12.2 Å². The molecule has 0 bridgehead atoms. The Labute approximate surface area is 132 Å². The van der Waals surface area contributed by atoms with Crippen molar-refractivity contribution in [3.63, 3.8) is 0 Å². The number of alkyl halides is 2. The third-order valence-corrected chi connectivity index (χ3v) is 2.48. The highest BCUT2D eigenvalue weighted by molar-refractivity contribution is 5.92. The number of amides is 1. The molecule has 0 aliphatic carbocycles. The van der Waals surface area contributed by atoms with Crippen LogP contribution in [0.3, 0.4) is 0 Å². The van der Waals surface area contributed by atoms with Crippen LogP contribution in [0.4, 0.5) is 8.78 Å². The number of nitrogens with one attached hydrogen (secondary N) is 1. The summed E-state index contributed by atoms with van der Waals surface area (Å²) in [7, 11) is 0. The van der Waals surface area contributed by atoms with E-state index >= 15 is 0 Å². The van der Waals surface area contributed by atoms with Gasteiger partial charge in [0.25, 0.3) is 5.91 Å². The maximum Gasteiger partial charge on any atom is 0.387 e. The Hall–Kier alpha value is -2.38. The number of hydrogen-bond acceptors (Lipinski definition) is 5. The SMILES string of the molecule is CCOc1cc(C(=O)OCC(=O)NC(C)C)ccc1OC(F)F. The van der Waals surface area contributed by atoms with Gasteiger partial charge in [-0.15, -0.1) is 0 Å². The van der Waals surface area contributed by atoms with Crippen LogP contribution >= 0.6 is 0 Å². The molecule has 1 amide bonds. The highest BCUT2D eigenvalue weighted by atomic mass is 19.3. The monoisotopic (exact) mass is 331 g/mol. The Kier molecular flexibility index (Phi) is 7.24. The fourth-order valence-electron chi connectivity index (χ4n) is 1.67. The first-order valence-corrected chi connectivity index (χ1v) is 7.01. The van der Waals surface area contributed by atoms with Crippen LogP contribution in [-0.4, -0.2) is 37.7 Å². The first kappa shape index (κ1) is 18.7. The van der Waals surface area contributed by atoms with E-state index in [9.17, 15) is 18.4 Å². The van der Waals surface area contributed by atoms with Gasteiger partial charge in [-0.05, 0) is 39.0 Å². The first-order chi connectivity index (χ1) is 10.8. The topological polar surface area (TPSA) is 73.9 Å². The molecule has 0 aromatic heterocycles. The fourth-order valence-corrected chi connectivity index (χ4v) is 1.67. The van der Waals surface area contributed by atoms with E-state index in [1.807, 2.05) is 0 Å². The lowest BCUT2D eigenvalue weighted by Crippen LogP contribution is -2.33. The van der Waals surface area contributed by atoms with Crippen LogP contribution in [0.1, 0.15) is 31.1 Å². The molecule has 0 spiro atoms. The summed E-state index contributed by atoms with van der Waals surface area (Å²) in [4.78, 5) is 23.3. The van der Waals surface area contributed by atoms with Gasteiger partial charge >= 0.3 is 12.6 Å². The summed E-state index contributed by atoms with van der Waals surface area (Å²) in [6.07, 6.45) is 0. The van der Waals surface area contributed by atoms with Crippen molar-refractivity contribution in [1.82, 2.24) is 5.32 Å². The average molecular weight is 331 g/mol. The summed E-state index contributed by atoms with van der Waals surface area (Å²) in [6, 6.07) is 3.59. The molecule has 128 valence electrons. The van der Waals surface area contributed by atoms with Crippen molar-refractivity contribution < 1.29 is 32.6 Å². The molecule has 1 rings (SSSR count). The van der Waals surface area contributed by atoms with Crippen LogP contribution in [0.2, 0.25) is 0 Å². The van der Waals surface area contributed by atoms with Crippen molar-refractivity contribution in [3.05, 3.63) is 23.8 Å². The predicted molar refractivity (Wildman–Crippen MR) is 77.8 cm³/mol. The lowest BCUT2D eigenvalue weighted by Gasteiger charge is -2.13. The molecule has 1 N–H and O–H groups in total. The second-order valence-corrected chi connectivity index (χ2v) is 4.77. The largest absolute Gasteiger partial charge is 0.490 e. The number of carbonyl (C=O) groups is 2. The second-order valence-electron chi connectivity index (χ2n) is 4.77. The molecule has 0 aliphatic rings. The molecule has 0 heterocycles. The maximum atomic E-state index is 12.3. The van der Waals surface area contributed by atoms with Crippen LogP contribution in [0, 0.1) is 0 Å². The molecule has 23 heavy (non-hydrogen) atoms. The van der Waals surface area contributed by atoms with E-state index in [4.69, 9.17) is 9.47 Å². The molecular formula is C15H19F2NO5. The van der Waals surface area contributed by atoms with E-state index in [-0.39, 0.29) is 29.7 Å². The molecule has 0 radical (unpaired) electrons.